The van der Waals surface area contributed by atoms with Gasteiger partial charge < -0.3 is 24.8 Å². The maximum absolute atomic E-state index is 15.1. The molecule has 2 aliphatic rings. The van der Waals surface area contributed by atoms with Crippen molar-refractivity contribution >= 4 is 33.8 Å². The van der Waals surface area contributed by atoms with Crippen molar-refractivity contribution in [1.29, 1.82) is 0 Å². The van der Waals surface area contributed by atoms with Crippen molar-refractivity contribution in [2.45, 2.75) is 38.2 Å². The Morgan fingerprint density at radius 1 is 1.17 bits per heavy atom. The van der Waals surface area contributed by atoms with Crippen molar-refractivity contribution in [1.82, 2.24) is 9.97 Å². The normalized spacial score (nSPS) is 18.4. The monoisotopic (exact) mass is 487 g/mol. The Kier molecular flexibility index (Phi) is 6.31. The van der Waals surface area contributed by atoms with Gasteiger partial charge in [-0.1, -0.05) is 0 Å². The van der Waals surface area contributed by atoms with E-state index in [9.17, 15) is 13.6 Å². The van der Waals surface area contributed by atoms with E-state index in [0.717, 1.165) is 12.8 Å². The number of hydrogen-bond acceptors (Lipinski definition) is 6. The lowest BCUT2D eigenvalue weighted by Crippen LogP contribution is -2.37. The van der Waals surface area contributed by atoms with Crippen LogP contribution >= 0.6 is 0 Å². The van der Waals surface area contributed by atoms with E-state index in [1.165, 1.54) is 17.2 Å². The molecule has 0 bridgehead atoms. The Morgan fingerprint density at radius 3 is 2.66 bits per heavy atom. The summed E-state index contributed by atoms with van der Waals surface area (Å²) in [5.41, 5.74) is 0.552. The van der Waals surface area contributed by atoms with E-state index in [1.807, 2.05) is 11.8 Å². The average Bonchev–Trinajstić information content (AvgIpc) is 3.20. The van der Waals surface area contributed by atoms with Gasteiger partial charge in [0.25, 0.3) is 11.5 Å². The molecule has 7 nitrogen and oxygen atoms in total. The van der Waals surface area contributed by atoms with Crippen LogP contribution < -0.4 is 20.7 Å². The minimum atomic E-state index is -2.78. The number of ether oxygens (including phenoxy) is 1. The maximum atomic E-state index is 15.1. The Hall–Kier alpha value is -3.27. The van der Waals surface area contributed by atoms with Gasteiger partial charge >= 0.3 is 0 Å². The van der Waals surface area contributed by atoms with Crippen LogP contribution in [0.1, 0.15) is 26.2 Å². The number of anilines is 4. The third-order valence-electron chi connectivity index (χ3n) is 6.63. The highest BCUT2D eigenvalue weighted by atomic mass is 19.3. The van der Waals surface area contributed by atoms with E-state index in [4.69, 9.17) is 4.74 Å². The number of rotatable bonds is 6. The highest BCUT2D eigenvalue weighted by Crippen LogP contribution is 2.34. The molecule has 0 unspecified atom stereocenters. The number of nitrogens with zero attached hydrogens (tertiary/aromatic N) is 3. The Balaban J connectivity index is 1.42. The Morgan fingerprint density at radius 2 is 1.97 bits per heavy atom. The summed E-state index contributed by atoms with van der Waals surface area (Å²) in [6.07, 6.45) is 3.14. The molecule has 0 spiro atoms. The van der Waals surface area contributed by atoms with Crippen LogP contribution in [0.25, 0.3) is 10.8 Å². The zero-order chi connectivity index (χ0) is 24.6. The van der Waals surface area contributed by atoms with Gasteiger partial charge in [-0.2, -0.15) is 0 Å². The molecule has 0 aliphatic carbocycles. The molecule has 0 atom stereocenters. The van der Waals surface area contributed by atoms with Gasteiger partial charge in [-0.25, -0.2) is 18.2 Å². The summed E-state index contributed by atoms with van der Waals surface area (Å²) in [6.45, 7) is 3.79. The van der Waals surface area contributed by atoms with Crippen LogP contribution in [0.15, 0.2) is 41.3 Å². The van der Waals surface area contributed by atoms with Crippen molar-refractivity contribution in [2.24, 2.45) is 0 Å². The Labute approximate surface area is 200 Å². The number of H-pyrrole nitrogens is 1. The van der Waals surface area contributed by atoms with E-state index in [2.05, 4.69) is 15.3 Å². The summed E-state index contributed by atoms with van der Waals surface area (Å²) in [7, 11) is 0. The molecule has 2 aromatic heterocycles. The largest absolute Gasteiger partial charge is 0.378 e. The number of fused-ring (bicyclic) bond motifs is 1. The standard InChI is InChI=1S/C25H28F3N5O2/c1-2-35-18-6-10-32(11-7-18)20-4-3-17(14-19(20)26)30-23-22-16(5-9-29-24(22)34)13-21(31-23)33-12-8-25(27,28)15-33/h3-5,9,13-14,18H,2,6-8,10-12,15H2,1H3,(H,29,34)(H,30,31). The molecule has 2 N–H and O–H groups in total. The van der Waals surface area contributed by atoms with E-state index in [1.54, 1.807) is 24.3 Å². The van der Waals surface area contributed by atoms with Gasteiger partial charge in [0, 0.05) is 44.5 Å². The fraction of sp³-hybridized carbons (Fsp3) is 0.440. The zero-order valence-electron chi connectivity index (χ0n) is 19.5. The number of alkyl halides is 2. The van der Waals surface area contributed by atoms with E-state index in [-0.39, 0.29) is 35.8 Å². The van der Waals surface area contributed by atoms with Crippen LogP contribution in [0.4, 0.5) is 36.2 Å². The molecule has 1 aromatic carbocycles. The zero-order valence-corrected chi connectivity index (χ0v) is 19.5. The van der Waals surface area contributed by atoms with Gasteiger partial charge in [0.2, 0.25) is 0 Å². The molecule has 2 saturated heterocycles. The first-order chi connectivity index (χ1) is 16.8. The predicted molar refractivity (Wildman–Crippen MR) is 131 cm³/mol. The lowest BCUT2D eigenvalue weighted by molar-refractivity contribution is 0.0256. The van der Waals surface area contributed by atoms with Crippen LogP contribution in [-0.4, -0.2) is 54.8 Å². The fourth-order valence-corrected chi connectivity index (χ4v) is 4.86. The molecule has 0 saturated carbocycles. The molecule has 10 heteroatoms. The van der Waals surface area contributed by atoms with Gasteiger partial charge in [0.15, 0.2) is 0 Å². The van der Waals surface area contributed by atoms with Crippen molar-refractivity contribution in [3.8, 4) is 0 Å². The molecule has 2 fully saturated rings. The number of nitrogens with one attached hydrogen (secondary N) is 2. The van der Waals surface area contributed by atoms with Gasteiger partial charge in [0.1, 0.15) is 17.5 Å². The third-order valence-corrected chi connectivity index (χ3v) is 6.63. The summed E-state index contributed by atoms with van der Waals surface area (Å²) in [6, 6.07) is 8.12. The molecule has 0 amide bonds. The van der Waals surface area contributed by atoms with Crippen LogP contribution in [0.2, 0.25) is 0 Å². The molecule has 5 rings (SSSR count). The second-order valence-corrected chi connectivity index (χ2v) is 9.06. The number of aromatic amines is 1. The van der Waals surface area contributed by atoms with E-state index >= 15 is 4.39 Å². The molecule has 35 heavy (non-hydrogen) atoms. The number of aromatic nitrogens is 2. The average molecular weight is 488 g/mol. The topological polar surface area (TPSA) is 73.5 Å². The summed E-state index contributed by atoms with van der Waals surface area (Å²) in [4.78, 5) is 23.2. The molecule has 2 aliphatic heterocycles. The van der Waals surface area contributed by atoms with Crippen molar-refractivity contribution < 1.29 is 17.9 Å². The molecular weight excluding hydrogens is 459 g/mol. The first kappa shape index (κ1) is 23.5. The highest BCUT2D eigenvalue weighted by Gasteiger charge is 2.39. The van der Waals surface area contributed by atoms with Gasteiger partial charge in [0.05, 0.1) is 23.7 Å². The molecular formula is C25H28F3N5O2. The minimum Gasteiger partial charge on any atom is -0.378 e. The summed E-state index contributed by atoms with van der Waals surface area (Å²) >= 11 is 0. The maximum Gasteiger partial charge on any atom is 0.266 e. The van der Waals surface area contributed by atoms with Crippen molar-refractivity contribution in [2.75, 3.05) is 47.9 Å². The van der Waals surface area contributed by atoms with Crippen molar-refractivity contribution in [3.63, 3.8) is 0 Å². The third kappa shape index (κ3) is 4.93. The number of hydrogen-bond donors (Lipinski definition) is 2. The lowest BCUT2D eigenvalue weighted by atomic mass is 10.1. The summed E-state index contributed by atoms with van der Waals surface area (Å²) in [5, 5.41) is 3.89. The first-order valence-corrected chi connectivity index (χ1v) is 11.9. The van der Waals surface area contributed by atoms with Gasteiger partial charge in [-0.15, -0.1) is 0 Å². The summed E-state index contributed by atoms with van der Waals surface area (Å²) < 4.78 is 48.4. The SMILES string of the molecule is CCOC1CCN(c2ccc(Nc3nc(N4CCC(F)(F)C4)cc4cc[nH]c(=O)c34)cc2F)CC1. The number of benzene rings is 1. The van der Waals surface area contributed by atoms with Crippen molar-refractivity contribution in [3.05, 3.63) is 52.7 Å². The van der Waals surface area contributed by atoms with Crippen LogP contribution in [0.5, 0.6) is 0 Å². The second-order valence-electron chi connectivity index (χ2n) is 9.06. The van der Waals surface area contributed by atoms with Gasteiger partial charge in [-0.3, -0.25) is 4.79 Å². The van der Waals surface area contributed by atoms with Crippen LogP contribution in [0, 0.1) is 5.82 Å². The predicted octanol–water partition coefficient (Wildman–Crippen LogP) is 4.66. The minimum absolute atomic E-state index is 0.164. The van der Waals surface area contributed by atoms with Gasteiger partial charge in [-0.05, 0) is 55.5 Å². The highest BCUT2D eigenvalue weighted by molar-refractivity contribution is 5.94. The molecule has 3 aromatic rings. The molecule has 0 radical (unpaired) electrons. The Bertz CT molecular complexity index is 1270. The van der Waals surface area contributed by atoms with E-state index < -0.39 is 18.3 Å². The first-order valence-electron chi connectivity index (χ1n) is 11.9. The smallest absolute Gasteiger partial charge is 0.266 e. The number of halogens is 3. The lowest BCUT2D eigenvalue weighted by Gasteiger charge is -2.33. The number of pyridine rings is 2. The fourth-order valence-electron chi connectivity index (χ4n) is 4.86. The quantitative estimate of drug-likeness (QED) is 0.527. The molecule has 186 valence electrons. The van der Waals surface area contributed by atoms with E-state index in [0.29, 0.717) is 42.3 Å². The number of piperidine rings is 1. The van der Waals surface area contributed by atoms with Crippen LogP contribution in [0.3, 0.4) is 0 Å². The second kappa shape index (κ2) is 9.41. The summed E-state index contributed by atoms with van der Waals surface area (Å²) in [5.74, 6) is -2.64. The van der Waals surface area contributed by atoms with Crippen LogP contribution in [-0.2, 0) is 4.74 Å². The molecule has 4 heterocycles.